The molecule has 1 heterocycles. The molecule has 1 aromatic heterocycles. The molecule has 0 aliphatic heterocycles. The minimum Gasteiger partial charge on any atom is -0.537 e. The summed E-state index contributed by atoms with van der Waals surface area (Å²) in [6, 6.07) is 7.62. The van der Waals surface area contributed by atoms with Gasteiger partial charge in [0.1, 0.15) is 0 Å². The summed E-state index contributed by atoms with van der Waals surface area (Å²) in [7, 11) is 2.13. The lowest BCUT2D eigenvalue weighted by Crippen LogP contribution is -1.97. The first-order chi connectivity index (χ1) is 6.85. The molecule has 14 heavy (non-hydrogen) atoms. The number of benzene rings is 1. The van der Waals surface area contributed by atoms with E-state index in [1.165, 1.54) is 0 Å². The van der Waals surface area contributed by atoms with Gasteiger partial charge in [0.2, 0.25) is 10.5 Å². The molecular weight excluding hydrogens is 196 g/mol. The van der Waals surface area contributed by atoms with Crippen LogP contribution in [0, 0.1) is 0 Å². The van der Waals surface area contributed by atoms with Gasteiger partial charge in [0.25, 0.3) is 11.8 Å². The molecule has 0 atom stereocenters. The fourth-order valence-electron chi connectivity index (χ4n) is 1.23. The highest BCUT2D eigenvalue weighted by Gasteiger charge is 2.07. The Labute approximate surface area is 84.4 Å². The molecule has 0 bridgehead atoms. The van der Waals surface area contributed by atoms with Crippen molar-refractivity contribution in [3.8, 4) is 11.8 Å². The van der Waals surface area contributed by atoms with Gasteiger partial charge in [0.05, 0.1) is 18.1 Å². The molecule has 72 valence electrons. The maximum atomic E-state index is 5.18. The van der Waals surface area contributed by atoms with Crippen molar-refractivity contribution in [2.24, 2.45) is 0 Å². The third-order valence-electron chi connectivity index (χ3n) is 1.90. The van der Waals surface area contributed by atoms with Crippen LogP contribution in [0.2, 0.25) is 0 Å². The van der Waals surface area contributed by atoms with Gasteiger partial charge in [-0.1, -0.05) is 12.1 Å². The van der Waals surface area contributed by atoms with Gasteiger partial charge < -0.3 is 9.16 Å². The Morgan fingerprint density at radius 2 is 1.64 bits per heavy atom. The van der Waals surface area contributed by atoms with E-state index in [1.807, 2.05) is 24.3 Å². The highest BCUT2D eigenvalue weighted by molar-refractivity contribution is 6.00. The molecule has 0 spiro atoms. The van der Waals surface area contributed by atoms with E-state index in [1.54, 1.807) is 7.11 Å². The Hall–Kier alpha value is -1.62. The topological polar surface area (TPSA) is 44.2 Å². The van der Waals surface area contributed by atoms with E-state index in [0.29, 0.717) is 22.2 Å². The van der Waals surface area contributed by atoms with Crippen LogP contribution in [0.25, 0.3) is 11.0 Å². The molecule has 0 saturated carbocycles. The number of ether oxygens (including phenoxy) is 1. The zero-order chi connectivity index (χ0) is 9.97. The SMILES string of the molecule is COc1nc2ccccc2nc1O[SiH3]. The first-order valence-corrected chi connectivity index (χ1v) is 5.01. The second kappa shape index (κ2) is 3.63. The van der Waals surface area contributed by atoms with Crippen molar-refractivity contribution in [2.75, 3.05) is 7.11 Å². The van der Waals surface area contributed by atoms with E-state index >= 15 is 0 Å². The van der Waals surface area contributed by atoms with Gasteiger partial charge in [-0.15, -0.1) is 0 Å². The Balaban J connectivity index is 2.69. The number of hydrogen-bond donors (Lipinski definition) is 0. The molecule has 1 aromatic carbocycles. The van der Waals surface area contributed by atoms with Crippen LogP contribution >= 0.6 is 0 Å². The van der Waals surface area contributed by atoms with E-state index < -0.39 is 0 Å². The maximum absolute atomic E-state index is 5.18. The summed E-state index contributed by atoms with van der Waals surface area (Å²) in [5.74, 6) is 0.913. The monoisotopic (exact) mass is 206 g/mol. The standard InChI is InChI=1S/C9H10N2O2Si/c1-12-8-9(13-14)11-7-5-3-2-4-6(7)10-8/h2-5H,1,14H3. The summed E-state index contributed by atoms with van der Waals surface area (Å²) in [5.41, 5.74) is 1.63. The lowest BCUT2D eigenvalue weighted by atomic mass is 10.3. The van der Waals surface area contributed by atoms with Gasteiger partial charge in [-0.05, 0) is 12.1 Å². The average Bonchev–Trinajstić information content (AvgIpc) is 2.27. The summed E-state index contributed by atoms with van der Waals surface area (Å²) in [6.07, 6.45) is 0. The summed E-state index contributed by atoms with van der Waals surface area (Å²) in [6.45, 7) is 0. The fraction of sp³-hybridized carbons (Fsp3) is 0.111. The lowest BCUT2D eigenvalue weighted by molar-refractivity contribution is 0.377. The Morgan fingerprint density at radius 3 is 2.14 bits per heavy atom. The summed E-state index contributed by atoms with van der Waals surface area (Å²) >= 11 is 0. The van der Waals surface area contributed by atoms with Gasteiger partial charge in [-0.2, -0.15) is 0 Å². The molecule has 0 saturated heterocycles. The molecule has 0 fully saturated rings. The van der Waals surface area contributed by atoms with E-state index in [0.717, 1.165) is 11.0 Å². The first kappa shape index (κ1) is 8.95. The third kappa shape index (κ3) is 1.42. The third-order valence-corrected chi connectivity index (χ3v) is 2.28. The molecule has 0 amide bonds. The van der Waals surface area contributed by atoms with Crippen molar-refractivity contribution in [3.05, 3.63) is 24.3 Å². The highest BCUT2D eigenvalue weighted by Crippen LogP contribution is 2.24. The quantitative estimate of drug-likeness (QED) is 0.663. The predicted octanol–water partition coefficient (Wildman–Crippen LogP) is 0.298. The molecule has 0 aliphatic rings. The molecule has 4 nitrogen and oxygen atoms in total. The Morgan fingerprint density at radius 1 is 1.07 bits per heavy atom. The minimum atomic E-state index is 0.443. The Bertz CT molecular complexity index is 419. The van der Waals surface area contributed by atoms with E-state index in [2.05, 4.69) is 9.97 Å². The van der Waals surface area contributed by atoms with Crippen LogP contribution in [-0.2, 0) is 0 Å². The number of aromatic nitrogens is 2. The number of fused-ring (bicyclic) bond motifs is 1. The molecular formula is C9H10N2O2Si. The van der Waals surface area contributed by atoms with Gasteiger partial charge in [0.15, 0.2) is 0 Å². The molecule has 2 aromatic rings. The summed E-state index contributed by atoms with van der Waals surface area (Å²) in [4.78, 5) is 8.57. The molecule has 0 aliphatic carbocycles. The smallest absolute Gasteiger partial charge is 0.277 e. The van der Waals surface area contributed by atoms with Gasteiger partial charge in [0, 0.05) is 0 Å². The van der Waals surface area contributed by atoms with Crippen LogP contribution in [0.15, 0.2) is 24.3 Å². The van der Waals surface area contributed by atoms with Crippen molar-refractivity contribution >= 4 is 21.5 Å². The lowest BCUT2D eigenvalue weighted by Gasteiger charge is -2.06. The number of nitrogens with zero attached hydrogens (tertiary/aromatic N) is 2. The number of para-hydroxylation sites is 2. The van der Waals surface area contributed by atoms with Crippen LogP contribution in [0.3, 0.4) is 0 Å². The molecule has 0 N–H and O–H groups in total. The van der Waals surface area contributed by atoms with Crippen molar-refractivity contribution in [3.63, 3.8) is 0 Å². The average molecular weight is 206 g/mol. The molecule has 0 unspecified atom stereocenters. The largest absolute Gasteiger partial charge is 0.537 e. The zero-order valence-electron chi connectivity index (χ0n) is 8.02. The van der Waals surface area contributed by atoms with Gasteiger partial charge in [-0.25, -0.2) is 9.97 Å². The number of methoxy groups -OCH3 is 1. The van der Waals surface area contributed by atoms with E-state index in [-0.39, 0.29) is 0 Å². The normalized spacial score (nSPS) is 10.4. The van der Waals surface area contributed by atoms with Crippen LogP contribution < -0.4 is 9.16 Å². The van der Waals surface area contributed by atoms with Gasteiger partial charge in [-0.3, -0.25) is 0 Å². The second-order valence-corrected chi connectivity index (χ2v) is 3.14. The van der Waals surface area contributed by atoms with Crippen LogP contribution in [0.4, 0.5) is 0 Å². The maximum Gasteiger partial charge on any atom is 0.277 e. The van der Waals surface area contributed by atoms with Crippen molar-refractivity contribution < 1.29 is 9.16 Å². The van der Waals surface area contributed by atoms with Crippen LogP contribution in [-0.4, -0.2) is 27.6 Å². The number of rotatable bonds is 2. The van der Waals surface area contributed by atoms with Crippen molar-refractivity contribution in [1.29, 1.82) is 0 Å². The van der Waals surface area contributed by atoms with E-state index in [4.69, 9.17) is 9.16 Å². The van der Waals surface area contributed by atoms with Crippen molar-refractivity contribution in [2.45, 2.75) is 0 Å². The van der Waals surface area contributed by atoms with Crippen LogP contribution in [0.1, 0.15) is 0 Å². The summed E-state index contributed by atoms with van der Waals surface area (Å²) < 4.78 is 10.3. The fourth-order valence-corrected chi connectivity index (χ4v) is 1.50. The number of hydrogen-bond acceptors (Lipinski definition) is 4. The second-order valence-electron chi connectivity index (χ2n) is 2.73. The molecule has 2 rings (SSSR count). The van der Waals surface area contributed by atoms with Gasteiger partial charge >= 0.3 is 0 Å². The van der Waals surface area contributed by atoms with E-state index in [9.17, 15) is 0 Å². The molecule has 0 radical (unpaired) electrons. The predicted molar refractivity (Wildman–Crippen MR) is 56.7 cm³/mol. The summed E-state index contributed by atoms with van der Waals surface area (Å²) in [5, 5.41) is 0. The minimum absolute atomic E-state index is 0.443. The highest BCUT2D eigenvalue weighted by atomic mass is 28.2. The van der Waals surface area contributed by atoms with Crippen LogP contribution in [0.5, 0.6) is 11.8 Å². The molecule has 5 heteroatoms. The first-order valence-electron chi connectivity index (χ1n) is 4.20. The zero-order valence-corrected chi connectivity index (χ0v) is 10.0. The van der Waals surface area contributed by atoms with Crippen molar-refractivity contribution in [1.82, 2.24) is 9.97 Å². The Kier molecular flexibility index (Phi) is 2.32.